The normalized spacial score (nSPS) is 32.1. The second-order valence-electron chi connectivity index (χ2n) is 3.71. The third-order valence-corrected chi connectivity index (χ3v) is 2.95. The van der Waals surface area contributed by atoms with E-state index in [0.29, 0.717) is 0 Å². The van der Waals surface area contributed by atoms with Crippen LogP contribution in [0.15, 0.2) is 59.8 Å². The molecule has 2 rings (SSSR count). The van der Waals surface area contributed by atoms with Gasteiger partial charge in [-0.25, -0.2) is 0 Å². The smallest absolute Gasteiger partial charge is 0.0591 e. The minimum absolute atomic E-state index is 0.0959. The molecule has 0 spiro atoms. The Morgan fingerprint density at radius 1 is 1.21 bits per heavy atom. The number of hydrogen-bond donors (Lipinski definition) is 0. The van der Waals surface area contributed by atoms with Crippen LogP contribution in [0.5, 0.6) is 0 Å². The lowest BCUT2D eigenvalue weighted by molar-refractivity contribution is 0.913. The van der Waals surface area contributed by atoms with Gasteiger partial charge in [0.2, 0.25) is 0 Å². The first-order valence-electron chi connectivity index (χ1n) is 4.82. The summed E-state index contributed by atoms with van der Waals surface area (Å²) in [4.78, 5) is 0. The molecule has 0 aromatic heterocycles. The first kappa shape index (κ1) is 9.54. The van der Waals surface area contributed by atoms with Gasteiger partial charge in [0.05, 0.1) is 5.38 Å². The Labute approximate surface area is 90.0 Å². The Hall–Kier alpha value is -1.01. The van der Waals surface area contributed by atoms with Gasteiger partial charge in [0.15, 0.2) is 0 Å². The number of rotatable bonds is 0. The summed E-state index contributed by atoms with van der Waals surface area (Å²) in [5.41, 5.74) is 3.71. The van der Waals surface area contributed by atoms with Crippen molar-refractivity contribution in [3.63, 3.8) is 0 Å². The third kappa shape index (κ3) is 2.08. The van der Waals surface area contributed by atoms with Crippen molar-refractivity contribution in [3.05, 3.63) is 59.8 Å². The van der Waals surface area contributed by atoms with Crippen LogP contribution in [0, 0.1) is 0 Å². The lowest BCUT2D eigenvalue weighted by Crippen LogP contribution is -2.05. The number of allylic oxidation sites excluding steroid dienone is 9. The molecule has 0 heterocycles. The molecule has 1 unspecified atom stereocenters. The largest absolute Gasteiger partial charge is 0.118 e. The van der Waals surface area contributed by atoms with E-state index in [2.05, 4.69) is 37.0 Å². The van der Waals surface area contributed by atoms with E-state index in [0.717, 1.165) is 18.4 Å². The van der Waals surface area contributed by atoms with Crippen molar-refractivity contribution in [2.45, 2.75) is 18.2 Å². The molecule has 0 aromatic rings. The molecular formula is C13H13Cl. The lowest BCUT2D eigenvalue weighted by atomic mass is 9.95. The topological polar surface area (TPSA) is 0 Å². The number of alkyl halides is 1. The zero-order chi connectivity index (χ0) is 9.97. The number of fused-ring (bicyclic) bond motifs is 2. The maximum Gasteiger partial charge on any atom is 0.0591 e. The quantitative estimate of drug-likeness (QED) is 0.525. The molecule has 2 bridgehead atoms. The van der Waals surface area contributed by atoms with Crippen molar-refractivity contribution in [3.8, 4) is 0 Å². The summed E-state index contributed by atoms with van der Waals surface area (Å²) in [6.45, 7) is 3.97. The fourth-order valence-corrected chi connectivity index (χ4v) is 2.06. The molecule has 0 aromatic carbocycles. The standard InChI is InChI=1S/C13H13Cl/c1-10-4-2-5-11-6-3-7-12(9-11)13(14)8-10/h2-7,13H,1,8-9H2/b4-2-,11-5-. The van der Waals surface area contributed by atoms with Crippen LogP contribution in [-0.2, 0) is 0 Å². The predicted molar refractivity (Wildman–Crippen MR) is 62.5 cm³/mol. The first-order valence-corrected chi connectivity index (χ1v) is 5.25. The Bertz CT molecular complexity index is 367. The van der Waals surface area contributed by atoms with E-state index in [-0.39, 0.29) is 5.38 Å². The zero-order valence-electron chi connectivity index (χ0n) is 8.04. The van der Waals surface area contributed by atoms with Gasteiger partial charge in [0.1, 0.15) is 0 Å². The minimum atomic E-state index is 0.0959. The highest BCUT2D eigenvalue weighted by atomic mass is 35.5. The average Bonchev–Trinajstić information content (AvgIpc) is 2.21. The van der Waals surface area contributed by atoms with E-state index >= 15 is 0 Å². The summed E-state index contributed by atoms with van der Waals surface area (Å²) in [5, 5.41) is 0.0959. The van der Waals surface area contributed by atoms with Gasteiger partial charge in [-0.2, -0.15) is 0 Å². The Balaban J connectivity index is 2.34. The van der Waals surface area contributed by atoms with Gasteiger partial charge in [-0.1, -0.05) is 48.6 Å². The molecular weight excluding hydrogens is 192 g/mol. The van der Waals surface area contributed by atoms with E-state index in [1.807, 2.05) is 6.08 Å². The van der Waals surface area contributed by atoms with Crippen LogP contribution in [0.4, 0.5) is 0 Å². The van der Waals surface area contributed by atoms with Gasteiger partial charge < -0.3 is 0 Å². The fraction of sp³-hybridized carbons (Fsp3) is 0.231. The summed E-state index contributed by atoms with van der Waals surface area (Å²) < 4.78 is 0. The monoisotopic (exact) mass is 204 g/mol. The fourth-order valence-electron chi connectivity index (χ4n) is 1.72. The van der Waals surface area contributed by atoms with Crippen molar-refractivity contribution in [2.24, 2.45) is 0 Å². The van der Waals surface area contributed by atoms with Crippen LogP contribution in [-0.4, -0.2) is 5.38 Å². The molecule has 1 atom stereocenters. The van der Waals surface area contributed by atoms with Gasteiger partial charge >= 0.3 is 0 Å². The molecule has 2 aliphatic carbocycles. The van der Waals surface area contributed by atoms with E-state index in [1.54, 1.807) is 0 Å². The van der Waals surface area contributed by atoms with Crippen molar-refractivity contribution < 1.29 is 0 Å². The SMILES string of the molecule is C=C1/C=C\C=C2\C=CC=C(C2)C(Cl)C1. The highest BCUT2D eigenvalue weighted by Crippen LogP contribution is 2.28. The summed E-state index contributed by atoms with van der Waals surface area (Å²) >= 11 is 6.30. The second-order valence-corrected chi connectivity index (χ2v) is 4.23. The molecule has 14 heavy (non-hydrogen) atoms. The van der Waals surface area contributed by atoms with Gasteiger partial charge in [0, 0.05) is 0 Å². The van der Waals surface area contributed by atoms with Crippen LogP contribution in [0.3, 0.4) is 0 Å². The van der Waals surface area contributed by atoms with Crippen molar-refractivity contribution >= 4 is 11.6 Å². The Kier molecular flexibility index (Phi) is 2.74. The number of halogens is 1. The number of hydrogen-bond acceptors (Lipinski definition) is 0. The lowest BCUT2D eigenvalue weighted by Gasteiger charge is -2.16. The molecule has 0 saturated carbocycles. The minimum Gasteiger partial charge on any atom is -0.118 e. The Morgan fingerprint density at radius 3 is 2.86 bits per heavy atom. The van der Waals surface area contributed by atoms with Gasteiger partial charge in [-0.15, -0.1) is 11.6 Å². The maximum absolute atomic E-state index is 6.30. The highest BCUT2D eigenvalue weighted by molar-refractivity contribution is 6.22. The van der Waals surface area contributed by atoms with Gasteiger partial charge in [-0.05, 0) is 24.0 Å². The summed E-state index contributed by atoms with van der Waals surface area (Å²) in [7, 11) is 0. The molecule has 2 aliphatic rings. The molecule has 0 N–H and O–H groups in total. The van der Waals surface area contributed by atoms with Crippen LogP contribution >= 0.6 is 11.6 Å². The van der Waals surface area contributed by atoms with Crippen LogP contribution in [0.25, 0.3) is 0 Å². The van der Waals surface area contributed by atoms with Crippen LogP contribution in [0.1, 0.15) is 12.8 Å². The van der Waals surface area contributed by atoms with E-state index in [9.17, 15) is 0 Å². The van der Waals surface area contributed by atoms with Crippen molar-refractivity contribution in [1.82, 2.24) is 0 Å². The Morgan fingerprint density at radius 2 is 2.00 bits per heavy atom. The molecule has 72 valence electrons. The summed E-state index contributed by atoms with van der Waals surface area (Å²) in [5.74, 6) is 0. The highest BCUT2D eigenvalue weighted by Gasteiger charge is 2.15. The van der Waals surface area contributed by atoms with E-state index in [1.165, 1.54) is 11.1 Å². The molecule has 0 amide bonds. The third-order valence-electron chi connectivity index (χ3n) is 2.51. The van der Waals surface area contributed by atoms with Crippen molar-refractivity contribution in [1.29, 1.82) is 0 Å². The predicted octanol–water partition coefficient (Wildman–Crippen LogP) is 3.92. The van der Waals surface area contributed by atoms with Gasteiger partial charge in [-0.3, -0.25) is 0 Å². The zero-order valence-corrected chi connectivity index (χ0v) is 8.80. The summed E-state index contributed by atoms with van der Waals surface area (Å²) in [6.07, 6.45) is 14.4. The maximum atomic E-state index is 6.30. The van der Waals surface area contributed by atoms with E-state index < -0.39 is 0 Å². The molecule has 0 fully saturated rings. The average molecular weight is 205 g/mol. The van der Waals surface area contributed by atoms with Crippen molar-refractivity contribution in [2.75, 3.05) is 0 Å². The van der Waals surface area contributed by atoms with E-state index in [4.69, 9.17) is 11.6 Å². The molecule has 0 nitrogen and oxygen atoms in total. The molecule has 0 saturated heterocycles. The molecule has 0 radical (unpaired) electrons. The van der Waals surface area contributed by atoms with Crippen LogP contribution < -0.4 is 0 Å². The molecule has 1 heteroatoms. The second kappa shape index (κ2) is 4.02. The van der Waals surface area contributed by atoms with Gasteiger partial charge in [0.25, 0.3) is 0 Å². The summed E-state index contributed by atoms with van der Waals surface area (Å²) in [6, 6.07) is 0. The molecule has 0 aliphatic heterocycles. The van der Waals surface area contributed by atoms with Crippen LogP contribution in [0.2, 0.25) is 0 Å². The first-order chi connectivity index (χ1) is 6.75.